The number of nitrogens with one attached hydrogen (secondary N) is 1. The van der Waals surface area contributed by atoms with Gasteiger partial charge in [-0.2, -0.15) is 5.26 Å². The van der Waals surface area contributed by atoms with E-state index in [0.29, 0.717) is 0 Å². The predicted molar refractivity (Wildman–Crippen MR) is 66.2 cm³/mol. The molecule has 0 atom stereocenters. The lowest BCUT2D eigenvalue weighted by molar-refractivity contribution is 0.597. The maximum atomic E-state index is 13.4. The number of sulfonamides is 1. The van der Waals surface area contributed by atoms with Crippen molar-refractivity contribution in [1.82, 2.24) is 4.98 Å². The summed E-state index contributed by atoms with van der Waals surface area (Å²) in [5.74, 6) is -0.791. The first-order chi connectivity index (χ1) is 9.04. The number of pyridine rings is 1. The van der Waals surface area contributed by atoms with Crippen molar-refractivity contribution in [2.24, 2.45) is 0 Å². The molecule has 7 heteroatoms. The molecule has 1 heterocycles. The standard InChI is InChI=1S/C12H8FN3O2S/c13-10-8-15-6-5-11(10)16-19(17,18)12-4-2-1-3-9(12)7-14/h1-6,8H,(H,15,16). The van der Waals surface area contributed by atoms with E-state index in [1.165, 1.54) is 30.5 Å². The van der Waals surface area contributed by atoms with E-state index in [0.717, 1.165) is 6.20 Å². The minimum Gasteiger partial charge on any atom is -0.276 e. The van der Waals surface area contributed by atoms with E-state index >= 15 is 0 Å². The zero-order valence-electron chi connectivity index (χ0n) is 9.54. The highest BCUT2D eigenvalue weighted by atomic mass is 32.2. The van der Waals surface area contributed by atoms with E-state index in [9.17, 15) is 12.8 Å². The van der Waals surface area contributed by atoms with Crippen LogP contribution in [0.5, 0.6) is 0 Å². The van der Waals surface area contributed by atoms with Crippen molar-refractivity contribution in [3.05, 3.63) is 54.1 Å². The normalized spacial score (nSPS) is 10.7. The quantitative estimate of drug-likeness (QED) is 0.928. The van der Waals surface area contributed by atoms with E-state index in [1.54, 1.807) is 12.1 Å². The van der Waals surface area contributed by atoms with Gasteiger partial charge in [-0.25, -0.2) is 12.8 Å². The summed E-state index contributed by atoms with van der Waals surface area (Å²) in [6.45, 7) is 0. The SMILES string of the molecule is N#Cc1ccccc1S(=O)(=O)Nc1ccncc1F. The molecule has 0 saturated carbocycles. The van der Waals surface area contributed by atoms with Crippen molar-refractivity contribution in [2.45, 2.75) is 4.90 Å². The van der Waals surface area contributed by atoms with Crippen LogP contribution in [0.4, 0.5) is 10.1 Å². The van der Waals surface area contributed by atoms with Gasteiger partial charge in [-0.15, -0.1) is 0 Å². The number of hydrogen-bond donors (Lipinski definition) is 1. The number of rotatable bonds is 3. The van der Waals surface area contributed by atoms with E-state index in [4.69, 9.17) is 5.26 Å². The average molecular weight is 277 g/mol. The van der Waals surface area contributed by atoms with E-state index in [2.05, 4.69) is 9.71 Å². The number of halogens is 1. The molecule has 2 aromatic rings. The van der Waals surface area contributed by atoms with Gasteiger partial charge in [0.25, 0.3) is 10.0 Å². The highest BCUT2D eigenvalue weighted by Crippen LogP contribution is 2.20. The lowest BCUT2D eigenvalue weighted by atomic mass is 10.2. The molecule has 1 N–H and O–H groups in total. The van der Waals surface area contributed by atoms with Crippen LogP contribution in [-0.2, 0) is 10.0 Å². The Morgan fingerprint density at radius 1 is 1.26 bits per heavy atom. The largest absolute Gasteiger partial charge is 0.276 e. The summed E-state index contributed by atoms with van der Waals surface area (Å²) in [5.41, 5.74) is -0.229. The molecule has 0 amide bonds. The molecule has 19 heavy (non-hydrogen) atoms. The molecule has 96 valence electrons. The lowest BCUT2D eigenvalue weighted by Gasteiger charge is -2.09. The first-order valence-electron chi connectivity index (χ1n) is 5.16. The number of benzene rings is 1. The summed E-state index contributed by atoms with van der Waals surface area (Å²) in [4.78, 5) is 3.32. The highest BCUT2D eigenvalue weighted by molar-refractivity contribution is 7.92. The highest BCUT2D eigenvalue weighted by Gasteiger charge is 2.19. The van der Waals surface area contributed by atoms with Crippen LogP contribution in [0.25, 0.3) is 0 Å². The number of anilines is 1. The molecule has 0 aliphatic carbocycles. The van der Waals surface area contributed by atoms with Gasteiger partial charge in [0.05, 0.1) is 17.4 Å². The molecule has 2 rings (SSSR count). The molecule has 0 radical (unpaired) electrons. The second-order valence-electron chi connectivity index (χ2n) is 3.57. The van der Waals surface area contributed by atoms with Gasteiger partial charge in [0, 0.05) is 6.20 Å². The Balaban J connectivity index is 2.45. The molecule has 1 aromatic heterocycles. The summed E-state index contributed by atoms with van der Waals surface area (Å²) in [6.07, 6.45) is 2.16. The monoisotopic (exact) mass is 277 g/mol. The van der Waals surface area contributed by atoms with Crippen molar-refractivity contribution in [1.29, 1.82) is 5.26 Å². The maximum absolute atomic E-state index is 13.4. The average Bonchev–Trinajstić information content (AvgIpc) is 2.41. The molecular formula is C12H8FN3O2S. The van der Waals surface area contributed by atoms with Crippen molar-refractivity contribution < 1.29 is 12.8 Å². The number of nitriles is 1. The smallest absolute Gasteiger partial charge is 0.263 e. The van der Waals surface area contributed by atoms with Gasteiger partial charge in [-0.1, -0.05) is 12.1 Å². The lowest BCUT2D eigenvalue weighted by Crippen LogP contribution is -2.15. The van der Waals surface area contributed by atoms with Gasteiger partial charge in [0.2, 0.25) is 0 Å². The minimum absolute atomic E-state index is 0.00976. The zero-order chi connectivity index (χ0) is 13.9. The summed E-state index contributed by atoms with van der Waals surface area (Å²) in [7, 11) is -4.02. The third-order valence-corrected chi connectivity index (χ3v) is 3.74. The van der Waals surface area contributed by atoms with Crippen LogP contribution in [-0.4, -0.2) is 13.4 Å². The Kier molecular flexibility index (Phi) is 3.44. The summed E-state index contributed by atoms with van der Waals surface area (Å²) in [5, 5.41) is 8.88. The number of aromatic nitrogens is 1. The first kappa shape index (κ1) is 13.0. The Morgan fingerprint density at radius 2 is 2.00 bits per heavy atom. The van der Waals surface area contributed by atoms with Crippen LogP contribution in [0.1, 0.15) is 5.56 Å². The van der Waals surface area contributed by atoms with Crippen LogP contribution in [0.3, 0.4) is 0 Å². The van der Waals surface area contributed by atoms with Gasteiger partial charge in [-0.3, -0.25) is 9.71 Å². The van der Waals surface area contributed by atoms with Crippen LogP contribution in [0, 0.1) is 17.1 Å². The fourth-order valence-electron chi connectivity index (χ4n) is 1.45. The van der Waals surface area contributed by atoms with E-state index < -0.39 is 15.8 Å². The van der Waals surface area contributed by atoms with Crippen LogP contribution in [0.2, 0.25) is 0 Å². The maximum Gasteiger partial charge on any atom is 0.263 e. The van der Waals surface area contributed by atoms with Crippen molar-refractivity contribution in [3.63, 3.8) is 0 Å². The predicted octanol–water partition coefficient (Wildman–Crippen LogP) is 1.89. The molecule has 0 fully saturated rings. The van der Waals surface area contributed by atoms with Crippen LogP contribution < -0.4 is 4.72 Å². The zero-order valence-corrected chi connectivity index (χ0v) is 10.4. The topological polar surface area (TPSA) is 82.8 Å². The fraction of sp³-hybridized carbons (Fsp3) is 0. The third kappa shape index (κ3) is 2.69. The molecule has 0 unspecified atom stereocenters. The molecule has 0 aliphatic heterocycles. The van der Waals surface area contributed by atoms with Crippen molar-refractivity contribution in [3.8, 4) is 6.07 Å². The summed E-state index contributed by atoms with van der Waals surface area (Å²) < 4.78 is 39.6. The van der Waals surface area contributed by atoms with Gasteiger partial charge in [0.1, 0.15) is 11.0 Å². The molecule has 0 bridgehead atoms. The Labute approximate surface area is 109 Å². The molecule has 0 aliphatic rings. The Hall–Kier alpha value is -2.46. The third-order valence-electron chi connectivity index (χ3n) is 2.31. The van der Waals surface area contributed by atoms with Gasteiger partial charge in [0.15, 0.2) is 5.82 Å². The molecule has 5 nitrogen and oxygen atoms in total. The van der Waals surface area contributed by atoms with Crippen molar-refractivity contribution in [2.75, 3.05) is 4.72 Å². The van der Waals surface area contributed by atoms with Crippen molar-refractivity contribution >= 4 is 15.7 Å². The molecule has 0 saturated heterocycles. The van der Waals surface area contributed by atoms with E-state index in [-0.39, 0.29) is 16.1 Å². The number of hydrogen-bond acceptors (Lipinski definition) is 4. The van der Waals surface area contributed by atoms with Gasteiger partial charge < -0.3 is 0 Å². The summed E-state index contributed by atoms with van der Waals surface area (Å²) >= 11 is 0. The fourth-order valence-corrected chi connectivity index (χ4v) is 2.68. The van der Waals surface area contributed by atoms with Gasteiger partial charge in [-0.05, 0) is 18.2 Å². The van der Waals surface area contributed by atoms with E-state index in [1.807, 2.05) is 0 Å². The first-order valence-corrected chi connectivity index (χ1v) is 6.64. The van der Waals surface area contributed by atoms with Gasteiger partial charge >= 0.3 is 0 Å². The molecule has 1 aromatic carbocycles. The second kappa shape index (κ2) is 5.04. The Bertz CT molecular complexity index is 754. The molecular weight excluding hydrogens is 269 g/mol. The van der Waals surface area contributed by atoms with Crippen LogP contribution >= 0.6 is 0 Å². The molecule has 0 spiro atoms. The Morgan fingerprint density at radius 3 is 2.68 bits per heavy atom. The second-order valence-corrected chi connectivity index (χ2v) is 5.22. The number of nitrogens with zero attached hydrogens (tertiary/aromatic N) is 2. The minimum atomic E-state index is -4.02. The summed E-state index contributed by atoms with van der Waals surface area (Å²) in [6, 6.07) is 8.65. The van der Waals surface area contributed by atoms with Crippen LogP contribution in [0.15, 0.2) is 47.6 Å².